The van der Waals surface area contributed by atoms with Crippen LogP contribution in [-0.2, 0) is 9.59 Å². The van der Waals surface area contributed by atoms with E-state index in [9.17, 15) is 19.8 Å². The highest BCUT2D eigenvalue weighted by Crippen LogP contribution is 2.42. The zero-order valence-electron chi connectivity index (χ0n) is 14.0. The number of rotatable bonds is 4. The molecule has 0 saturated heterocycles. The molecule has 3 rings (SSSR count). The molecule has 0 aromatic heterocycles. The number of para-hydroxylation sites is 1. The van der Waals surface area contributed by atoms with Crippen LogP contribution in [0.1, 0.15) is 25.5 Å². The summed E-state index contributed by atoms with van der Waals surface area (Å²) in [5.41, 5.74) is 1.19. The van der Waals surface area contributed by atoms with E-state index in [0.717, 1.165) is 0 Å². The minimum atomic E-state index is -0.781. The summed E-state index contributed by atoms with van der Waals surface area (Å²) < 4.78 is 0. The van der Waals surface area contributed by atoms with Crippen molar-refractivity contribution in [2.45, 2.75) is 19.9 Å². The fourth-order valence-corrected chi connectivity index (χ4v) is 3.03. The normalized spacial score (nSPS) is 17.5. The third-order valence-corrected chi connectivity index (χ3v) is 4.22. The number of aliphatic hydroxyl groups excluding tert-OH is 1. The highest BCUT2D eigenvalue weighted by Gasteiger charge is 2.44. The number of amides is 1. The Bertz CT molecular complexity index is 855. The third-order valence-electron chi connectivity index (χ3n) is 4.22. The summed E-state index contributed by atoms with van der Waals surface area (Å²) in [6.45, 7) is 3.44. The van der Waals surface area contributed by atoms with Gasteiger partial charge in [0.15, 0.2) is 11.5 Å². The van der Waals surface area contributed by atoms with Crippen LogP contribution in [0.2, 0.25) is 0 Å². The maximum Gasteiger partial charge on any atom is 0.294 e. The van der Waals surface area contributed by atoms with Crippen LogP contribution in [0.15, 0.2) is 65.9 Å². The number of benzene rings is 2. The van der Waals surface area contributed by atoms with Gasteiger partial charge in [0, 0.05) is 11.6 Å². The van der Waals surface area contributed by atoms with Crippen LogP contribution in [0.3, 0.4) is 0 Å². The molecule has 0 aliphatic carbocycles. The lowest BCUT2D eigenvalue weighted by atomic mass is 9.91. The molecule has 1 unspecified atom stereocenters. The number of Topliss-reactive ketones (excluding diaryl/α,β-unsaturated/α-hetero) is 1. The standard InChI is InChI=1S/C20H19NO4/c1-12(2)18(23)16-17(13-7-6-10-15(22)11-13)21(20(25)19(16)24)14-8-4-3-5-9-14/h3-12,17,22,24H,1-2H3. The molecule has 2 aromatic carbocycles. The molecule has 1 amide bonds. The van der Waals surface area contributed by atoms with E-state index in [4.69, 9.17) is 0 Å². The maximum atomic E-state index is 12.7. The number of carbonyl (C=O) groups is 2. The Balaban J connectivity index is 2.20. The lowest BCUT2D eigenvalue weighted by Crippen LogP contribution is -2.31. The van der Waals surface area contributed by atoms with Gasteiger partial charge in [-0.3, -0.25) is 14.5 Å². The topological polar surface area (TPSA) is 77.8 Å². The van der Waals surface area contributed by atoms with Gasteiger partial charge < -0.3 is 10.2 Å². The molecule has 1 heterocycles. The Morgan fingerprint density at radius 1 is 1.04 bits per heavy atom. The zero-order valence-corrected chi connectivity index (χ0v) is 14.0. The Morgan fingerprint density at radius 2 is 1.72 bits per heavy atom. The van der Waals surface area contributed by atoms with Crippen LogP contribution in [0.5, 0.6) is 5.75 Å². The molecule has 128 valence electrons. The van der Waals surface area contributed by atoms with Gasteiger partial charge in [0.1, 0.15) is 5.75 Å². The first kappa shape index (κ1) is 16.8. The van der Waals surface area contributed by atoms with Gasteiger partial charge in [-0.1, -0.05) is 44.2 Å². The van der Waals surface area contributed by atoms with Crippen LogP contribution in [0, 0.1) is 5.92 Å². The van der Waals surface area contributed by atoms with Crippen LogP contribution in [0.25, 0.3) is 0 Å². The second-order valence-corrected chi connectivity index (χ2v) is 6.29. The molecule has 1 aliphatic heterocycles. The lowest BCUT2D eigenvalue weighted by Gasteiger charge is -2.27. The molecule has 5 nitrogen and oxygen atoms in total. The van der Waals surface area contributed by atoms with Crippen molar-refractivity contribution in [1.82, 2.24) is 0 Å². The van der Waals surface area contributed by atoms with E-state index in [2.05, 4.69) is 0 Å². The van der Waals surface area contributed by atoms with Gasteiger partial charge >= 0.3 is 0 Å². The van der Waals surface area contributed by atoms with E-state index in [0.29, 0.717) is 11.3 Å². The Kier molecular flexibility index (Phi) is 4.31. The van der Waals surface area contributed by atoms with Gasteiger partial charge in [0.05, 0.1) is 11.6 Å². The number of phenols is 1. The first-order chi connectivity index (χ1) is 11.9. The van der Waals surface area contributed by atoms with E-state index in [1.807, 2.05) is 6.07 Å². The number of hydrogen-bond acceptors (Lipinski definition) is 4. The van der Waals surface area contributed by atoms with Crippen LogP contribution < -0.4 is 4.90 Å². The summed E-state index contributed by atoms with van der Waals surface area (Å²) in [4.78, 5) is 26.8. The van der Waals surface area contributed by atoms with Crippen molar-refractivity contribution >= 4 is 17.4 Å². The van der Waals surface area contributed by atoms with Crippen LogP contribution in [-0.4, -0.2) is 21.9 Å². The van der Waals surface area contributed by atoms with Crippen molar-refractivity contribution in [2.75, 3.05) is 4.90 Å². The van der Waals surface area contributed by atoms with Crippen molar-refractivity contribution in [2.24, 2.45) is 5.92 Å². The summed E-state index contributed by atoms with van der Waals surface area (Å²) in [6.07, 6.45) is 0. The largest absolute Gasteiger partial charge is 0.508 e. The molecule has 1 aliphatic rings. The van der Waals surface area contributed by atoms with E-state index < -0.39 is 17.7 Å². The predicted octanol–water partition coefficient (Wildman–Crippen LogP) is 3.52. The molecule has 1 atom stereocenters. The Labute approximate surface area is 145 Å². The summed E-state index contributed by atoms with van der Waals surface area (Å²) in [5.74, 6) is -1.79. The second kappa shape index (κ2) is 6.43. The number of phenolic OH excluding ortho intramolecular Hbond substituents is 1. The van der Waals surface area contributed by atoms with Gasteiger partial charge in [0.2, 0.25) is 0 Å². The van der Waals surface area contributed by atoms with E-state index in [1.54, 1.807) is 50.2 Å². The quantitative estimate of drug-likeness (QED) is 0.895. The summed E-state index contributed by atoms with van der Waals surface area (Å²) >= 11 is 0. The van der Waals surface area contributed by atoms with Crippen molar-refractivity contribution in [3.63, 3.8) is 0 Å². The average Bonchev–Trinajstić information content (AvgIpc) is 2.86. The number of aliphatic hydroxyl groups is 1. The number of aromatic hydroxyl groups is 1. The highest BCUT2D eigenvalue weighted by molar-refractivity contribution is 6.16. The molecule has 0 fully saturated rings. The molecule has 5 heteroatoms. The first-order valence-electron chi connectivity index (χ1n) is 8.06. The molecule has 2 N–H and O–H groups in total. The fourth-order valence-electron chi connectivity index (χ4n) is 3.03. The van der Waals surface area contributed by atoms with E-state index >= 15 is 0 Å². The minimum absolute atomic E-state index is 0.0284. The Hall–Kier alpha value is -3.08. The van der Waals surface area contributed by atoms with Crippen molar-refractivity contribution in [3.05, 3.63) is 71.5 Å². The van der Waals surface area contributed by atoms with Gasteiger partial charge in [-0.05, 0) is 29.8 Å². The zero-order chi connectivity index (χ0) is 18.1. The second-order valence-electron chi connectivity index (χ2n) is 6.29. The minimum Gasteiger partial charge on any atom is -0.508 e. The molecule has 0 bridgehead atoms. The molecule has 2 aromatic rings. The van der Waals surface area contributed by atoms with Crippen LogP contribution >= 0.6 is 0 Å². The van der Waals surface area contributed by atoms with Crippen molar-refractivity contribution < 1.29 is 19.8 Å². The van der Waals surface area contributed by atoms with E-state index in [-0.39, 0.29) is 23.0 Å². The number of ketones is 1. The lowest BCUT2D eigenvalue weighted by molar-refractivity contribution is -0.119. The summed E-state index contributed by atoms with van der Waals surface area (Å²) in [6, 6.07) is 14.5. The van der Waals surface area contributed by atoms with Crippen molar-refractivity contribution in [3.8, 4) is 5.75 Å². The fraction of sp³-hybridized carbons (Fsp3) is 0.200. The van der Waals surface area contributed by atoms with Gasteiger partial charge in [-0.2, -0.15) is 0 Å². The first-order valence-corrected chi connectivity index (χ1v) is 8.06. The molecule has 0 saturated carbocycles. The molecule has 0 radical (unpaired) electrons. The molecule has 0 spiro atoms. The SMILES string of the molecule is CC(C)C(=O)C1=C(O)C(=O)N(c2ccccc2)C1c1cccc(O)c1. The summed E-state index contributed by atoms with van der Waals surface area (Å²) in [5, 5.41) is 20.2. The maximum absolute atomic E-state index is 12.7. The van der Waals surface area contributed by atoms with Gasteiger partial charge in [-0.15, -0.1) is 0 Å². The Morgan fingerprint density at radius 3 is 2.32 bits per heavy atom. The van der Waals surface area contributed by atoms with Gasteiger partial charge in [-0.25, -0.2) is 0 Å². The number of hydrogen-bond donors (Lipinski definition) is 2. The summed E-state index contributed by atoms with van der Waals surface area (Å²) in [7, 11) is 0. The number of anilines is 1. The van der Waals surface area contributed by atoms with Gasteiger partial charge in [0.25, 0.3) is 5.91 Å². The molecular weight excluding hydrogens is 318 g/mol. The molecule has 25 heavy (non-hydrogen) atoms. The smallest absolute Gasteiger partial charge is 0.294 e. The predicted molar refractivity (Wildman–Crippen MR) is 94.3 cm³/mol. The number of carbonyl (C=O) groups excluding carboxylic acids is 2. The highest BCUT2D eigenvalue weighted by atomic mass is 16.3. The number of nitrogens with zero attached hydrogens (tertiary/aromatic N) is 1. The molecular formula is C20H19NO4. The third kappa shape index (κ3) is 2.89. The van der Waals surface area contributed by atoms with Crippen molar-refractivity contribution in [1.29, 1.82) is 0 Å². The monoisotopic (exact) mass is 337 g/mol. The average molecular weight is 337 g/mol. The van der Waals surface area contributed by atoms with E-state index in [1.165, 1.54) is 17.0 Å². The van der Waals surface area contributed by atoms with Crippen LogP contribution in [0.4, 0.5) is 5.69 Å².